The molecule has 2 N–H and O–H groups in total. The van der Waals surface area contributed by atoms with Crippen molar-refractivity contribution in [3.63, 3.8) is 0 Å². The van der Waals surface area contributed by atoms with Crippen LogP contribution in [0.4, 0.5) is 4.39 Å². The summed E-state index contributed by atoms with van der Waals surface area (Å²) in [4.78, 5) is 0. The summed E-state index contributed by atoms with van der Waals surface area (Å²) in [6.45, 7) is 3.40. The van der Waals surface area contributed by atoms with Crippen LogP contribution in [0.5, 0.6) is 11.5 Å². The highest BCUT2D eigenvalue weighted by Crippen LogP contribution is 2.40. The zero-order valence-electron chi connectivity index (χ0n) is 23.2. The molecule has 5 heteroatoms. The molecule has 4 nitrogen and oxygen atoms in total. The van der Waals surface area contributed by atoms with Gasteiger partial charge < -0.3 is 19.7 Å². The molecule has 1 aliphatic carbocycles. The first kappa shape index (κ1) is 29.1. The van der Waals surface area contributed by atoms with Gasteiger partial charge in [-0.15, -0.1) is 0 Å². The number of hydrogen-bond donors (Lipinski definition) is 2. The maximum absolute atomic E-state index is 15.6. The predicted molar refractivity (Wildman–Crippen MR) is 156 cm³/mol. The van der Waals surface area contributed by atoms with Crippen molar-refractivity contribution in [1.29, 1.82) is 0 Å². The summed E-state index contributed by atoms with van der Waals surface area (Å²) in [6.07, 6.45) is 9.32. The molecule has 0 heterocycles. The van der Waals surface area contributed by atoms with Gasteiger partial charge in [-0.3, -0.25) is 0 Å². The Morgan fingerprint density at radius 3 is 2.28 bits per heavy atom. The molecule has 3 aromatic carbocycles. The molecule has 39 heavy (non-hydrogen) atoms. The van der Waals surface area contributed by atoms with E-state index in [4.69, 9.17) is 19.7 Å². The van der Waals surface area contributed by atoms with E-state index in [1.807, 2.05) is 48.5 Å². The van der Waals surface area contributed by atoms with Crippen molar-refractivity contribution in [2.75, 3.05) is 26.4 Å². The van der Waals surface area contributed by atoms with Crippen LogP contribution in [-0.4, -0.2) is 36.6 Å². The maximum atomic E-state index is 15.6. The molecular formula is C34H43FO4. The van der Waals surface area contributed by atoms with Gasteiger partial charge in [-0.25, -0.2) is 4.39 Å². The second-order valence-corrected chi connectivity index (χ2v) is 10.7. The number of aliphatic hydroxyl groups is 2. The van der Waals surface area contributed by atoms with Crippen molar-refractivity contribution in [1.82, 2.24) is 0 Å². The molecule has 1 fully saturated rings. The van der Waals surface area contributed by atoms with Crippen LogP contribution in [0.3, 0.4) is 0 Å². The molecule has 0 bridgehead atoms. The third-order valence-corrected chi connectivity index (χ3v) is 7.83. The highest BCUT2D eigenvalue weighted by atomic mass is 19.1. The second-order valence-electron chi connectivity index (χ2n) is 10.7. The number of hydrogen-bond acceptors (Lipinski definition) is 4. The van der Waals surface area contributed by atoms with Gasteiger partial charge in [-0.2, -0.15) is 0 Å². The first-order valence-electron chi connectivity index (χ1n) is 14.6. The second kappa shape index (κ2) is 15.0. The van der Waals surface area contributed by atoms with Gasteiger partial charge in [0.25, 0.3) is 0 Å². The van der Waals surface area contributed by atoms with E-state index in [1.54, 1.807) is 6.07 Å². The summed E-state index contributed by atoms with van der Waals surface area (Å²) >= 11 is 0. The number of benzene rings is 3. The molecule has 1 saturated carbocycles. The SMILES string of the molecule is CCCC1CCC(c2ccc(-c3ccc(OCCCCO)c(-c4cccc(OCCCO)c4)c3)c(F)c2)CC1. The van der Waals surface area contributed by atoms with E-state index in [0.717, 1.165) is 47.4 Å². The summed E-state index contributed by atoms with van der Waals surface area (Å²) in [6, 6.07) is 19.4. The lowest BCUT2D eigenvalue weighted by Gasteiger charge is -2.28. The van der Waals surface area contributed by atoms with Crippen LogP contribution in [0.1, 0.15) is 76.2 Å². The van der Waals surface area contributed by atoms with Gasteiger partial charge in [-0.05, 0) is 97.4 Å². The first-order valence-corrected chi connectivity index (χ1v) is 14.6. The molecular weight excluding hydrogens is 491 g/mol. The molecule has 0 unspecified atom stereocenters. The fourth-order valence-corrected chi connectivity index (χ4v) is 5.67. The third-order valence-electron chi connectivity index (χ3n) is 7.83. The third kappa shape index (κ3) is 8.06. The lowest BCUT2D eigenvalue weighted by atomic mass is 9.77. The highest BCUT2D eigenvalue weighted by molar-refractivity contribution is 5.78. The van der Waals surface area contributed by atoms with E-state index in [1.165, 1.54) is 25.7 Å². The van der Waals surface area contributed by atoms with Crippen LogP contribution in [0, 0.1) is 11.7 Å². The van der Waals surface area contributed by atoms with Crippen molar-refractivity contribution in [3.05, 3.63) is 72.0 Å². The number of unbranched alkanes of at least 4 members (excludes halogenated alkanes) is 1. The largest absolute Gasteiger partial charge is 0.493 e. The Morgan fingerprint density at radius 1 is 0.769 bits per heavy atom. The zero-order chi connectivity index (χ0) is 27.5. The van der Waals surface area contributed by atoms with Gasteiger partial charge in [0.05, 0.1) is 13.2 Å². The topological polar surface area (TPSA) is 58.9 Å². The molecule has 0 aromatic heterocycles. The maximum Gasteiger partial charge on any atom is 0.131 e. The Labute approximate surface area is 232 Å². The van der Waals surface area contributed by atoms with Crippen LogP contribution in [-0.2, 0) is 0 Å². The van der Waals surface area contributed by atoms with E-state index in [9.17, 15) is 0 Å². The van der Waals surface area contributed by atoms with Gasteiger partial charge in [0, 0.05) is 30.8 Å². The van der Waals surface area contributed by atoms with E-state index >= 15 is 4.39 Å². The molecule has 210 valence electrons. The lowest BCUT2D eigenvalue weighted by Crippen LogP contribution is -2.13. The normalized spacial score (nSPS) is 17.2. The number of rotatable bonds is 14. The lowest BCUT2D eigenvalue weighted by molar-refractivity contribution is 0.233. The monoisotopic (exact) mass is 534 g/mol. The Balaban J connectivity index is 1.59. The van der Waals surface area contributed by atoms with E-state index in [2.05, 4.69) is 13.0 Å². The summed E-state index contributed by atoms with van der Waals surface area (Å²) in [7, 11) is 0. The molecule has 0 saturated heterocycles. The van der Waals surface area contributed by atoms with E-state index < -0.39 is 0 Å². The minimum absolute atomic E-state index is 0.0814. The minimum Gasteiger partial charge on any atom is -0.493 e. The smallest absolute Gasteiger partial charge is 0.131 e. The summed E-state index contributed by atoms with van der Waals surface area (Å²) in [5, 5.41) is 18.2. The van der Waals surface area contributed by atoms with Crippen molar-refractivity contribution < 1.29 is 24.1 Å². The molecule has 0 aliphatic heterocycles. The fourth-order valence-electron chi connectivity index (χ4n) is 5.67. The quantitative estimate of drug-likeness (QED) is 0.205. The van der Waals surface area contributed by atoms with Crippen LogP contribution >= 0.6 is 0 Å². The van der Waals surface area contributed by atoms with Crippen LogP contribution < -0.4 is 9.47 Å². The van der Waals surface area contributed by atoms with Crippen molar-refractivity contribution in [3.8, 4) is 33.8 Å². The van der Waals surface area contributed by atoms with E-state index in [0.29, 0.717) is 49.0 Å². The van der Waals surface area contributed by atoms with Gasteiger partial charge in [0.2, 0.25) is 0 Å². The minimum atomic E-state index is -0.188. The Hall–Kier alpha value is -2.89. The zero-order valence-corrected chi connectivity index (χ0v) is 23.2. The Bertz CT molecular complexity index is 1170. The average Bonchev–Trinajstić information content (AvgIpc) is 2.96. The van der Waals surface area contributed by atoms with Gasteiger partial charge >= 0.3 is 0 Å². The van der Waals surface area contributed by atoms with Crippen LogP contribution in [0.2, 0.25) is 0 Å². The van der Waals surface area contributed by atoms with Crippen molar-refractivity contribution >= 4 is 0 Å². The highest BCUT2D eigenvalue weighted by Gasteiger charge is 2.23. The summed E-state index contributed by atoms with van der Waals surface area (Å²) in [5.41, 5.74) is 4.28. The van der Waals surface area contributed by atoms with Crippen molar-refractivity contribution in [2.45, 2.75) is 70.6 Å². The molecule has 4 rings (SSSR count). The first-order chi connectivity index (χ1) is 19.1. The predicted octanol–water partition coefficient (Wildman–Crippen LogP) is 8.15. The number of halogens is 1. The number of aliphatic hydroxyl groups excluding tert-OH is 2. The summed E-state index contributed by atoms with van der Waals surface area (Å²) < 4.78 is 27.4. The standard InChI is InChI=1S/C34H43FO4/c1-2-7-25-10-12-26(13-11-25)27-14-16-31(33(35)24-27)29-15-17-34(39-20-4-3-18-36)32(23-29)28-8-5-9-30(22-28)38-21-6-19-37/h5,8-9,14-17,22-26,36-37H,2-4,6-7,10-13,18-21H2,1H3. The van der Waals surface area contributed by atoms with Gasteiger partial charge in [-0.1, -0.05) is 50.1 Å². The molecule has 0 atom stereocenters. The molecule has 0 radical (unpaired) electrons. The van der Waals surface area contributed by atoms with E-state index in [-0.39, 0.29) is 19.0 Å². The molecule has 3 aromatic rings. The fraction of sp³-hybridized carbons (Fsp3) is 0.471. The van der Waals surface area contributed by atoms with Crippen molar-refractivity contribution in [2.24, 2.45) is 5.92 Å². The van der Waals surface area contributed by atoms with Gasteiger partial charge in [0.15, 0.2) is 0 Å². The average molecular weight is 535 g/mol. The summed E-state index contributed by atoms with van der Waals surface area (Å²) in [5.74, 6) is 2.51. The number of ether oxygens (including phenoxy) is 2. The molecule has 0 amide bonds. The van der Waals surface area contributed by atoms with Crippen LogP contribution in [0.15, 0.2) is 60.7 Å². The van der Waals surface area contributed by atoms with Crippen LogP contribution in [0.25, 0.3) is 22.3 Å². The van der Waals surface area contributed by atoms with Gasteiger partial charge in [0.1, 0.15) is 17.3 Å². The Kier molecular flexibility index (Phi) is 11.2. The Morgan fingerprint density at radius 2 is 1.54 bits per heavy atom. The molecule has 0 spiro atoms. The molecule has 1 aliphatic rings.